The Morgan fingerprint density at radius 3 is 2.65 bits per heavy atom. The first-order valence-corrected chi connectivity index (χ1v) is 8.86. The van der Waals surface area contributed by atoms with Gasteiger partial charge in [-0.3, -0.25) is 0 Å². The summed E-state index contributed by atoms with van der Waals surface area (Å²) in [4.78, 5) is 0. The quantitative estimate of drug-likeness (QED) is 0.516. The predicted molar refractivity (Wildman–Crippen MR) is 99.9 cm³/mol. The number of hydrogen-bond donors (Lipinski definition) is 1. The number of ether oxygens (including phenoxy) is 1. The van der Waals surface area contributed by atoms with E-state index in [4.69, 9.17) is 27.9 Å². The Morgan fingerprint density at radius 2 is 1.83 bits per heavy atom. The molecule has 0 saturated heterocycles. The summed E-state index contributed by atoms with van der Waals surface area (Å²) in [6.45, 7) is 3.61. The zero-order valence-corrected chi connectivity index (χ0v) is 15.0. The van der Waals surface area contributed by atoms with Gasteiger partial charge in [-0.15, -0.1) is 0 Å². The van der Waals surface area contributed by atoms with Gasteiger partial charge in [0.15, 0.2) is 0 Å². The molecule has 0 aromatic heterocycles. The molecule has 2 rings (SSSR count). The summed E-state index contributed by atoms with van der Waals surface area (Å²) in [5.41, 5.74) is 1.94. The Bertz CT molecular complexity index is 616. The molecule has 0 radical (unpaired) electrons. The van der Waals surface area contributed by atoms with Crippen molar-refractivity contribution < 1.29 is 4.74 Å². The van der Waals surface area contributed by atoms with Crippen LogP contribution in [0.1, 0.15) is 38.2 Å². The largest absolute Gasteiger partial charge is 0.493 e. The number of nitrogens with one attached hydrogen (secondary N) is 1. The lowest BCUT2D eigenvalue weighted by molar-refractivity contribution is 0.302. The van der Waals surface area contributed by atoms with Crippen molar-refractivity contribution in [3.8, 4) is 5.75 Å². The fourth-order valence-electron chi connectivity index (χ4n) is 2.33. The van der Waals surface area contributed by atoms with E-state index in [1.165, 1.54) is 19.3 Å². The summed E-state index contributed by atoms with van der Waals surface area (Å²) in [5.74, 6) is 0.926. The third-order valence-corrected chi connectivity index (χ3v) is 4.19. The van der Waals surface area contributed by atoms with Crippen LogP contribution in [0.5, 0.6) is 5.75 Å². The lowest BCUT2D eigenvalue weighted by atomic mass is 10.2. The summed E-state index contributed by atoms with van der Waals surface area (Å²) in [6.07, 6.45) is 4.81. The van der Waals surface area contributed by atoms with Crippen LogP contribution in [0.25, 0.3) is 0 Å². The Labute approximate surface area is 148 Å². The van der Waals surface area contributed by atoms with Gasteiger partial charge in [0.05, 0.1) is 17.3 Å². The fourth-order valence-corrected chi connectivity index (χ4v) is 2.68. The Balaban J connectivity index is 1.93. The van der Waals surface area contributed by atoms with E-state index in [1.807, 2.05) is 24.3 Å². The predicted octanol–water partition coefficient (Wildman–Crippen LogP) is 6.56. The van der Waals surface area contributed by atoms with Crippen LogP contribution in [-0.2, 0) is 6.54 Å². The minimum atomic E-state index is 0.644. The van der Waals surface area contributed by atoms with Crippen molar-refractivity contribution in [2.75, 3.05) is 11.9 Å². The van der Waals surface area contributed by atoms with E-state index in [1.54, 1.807) is 12.1 Å². The monoisotopic (exact) mass is 351 g/mol. The number of benzene rings is 2. The number of hydrogen-bond acceptors (Lipinski definition) is 2. The van der Waals surface area contributed by atoms with E-state index < -0.39 is 0 Å². The van der Waals surface area contributed by atoms with E-state index in [0.29, 0.717) is 16.6 Å². The average Bonchev–Trinajstić information content (AvgIpc) is 2.56. The second-order valence-electron chi connectivity index (χ2n) is 5.49. The number of para-hydroxylation sites is 1. The van der Waals surface area contributed by atoms with Gasteiger partial charge in [0.2, 0.25) is 0 Å². The molecule has 0 amide bonds. The third kappa shape index (κ3) is 5.96. The number of halogens is 2. The van der Waals surface area contributed by atoms with Gasteiger partial charge in [0.1, 0.15) is 5.75 Å². The second kappa shape index (κ2) is 9.69. The van der Waals surface area contributed by atoms with Gasteiger partial charge in [-0.25, -0.2) is 0 Å². The molecular formula is C19H23Cl2NO. The maximum atomic E-state index is 6.18. The van der Waals surface area contributed by atoms with Crippen LogP contribution in [0, 0.1) is 0 Å². The van der Waals surface area contributed by atoms with Crippen LogP contribution in [0.4, 0.5) is 5.69 Å². The smallest absolute Gasteiger partial charge is 0.124 e. The molecule has 0 aliphatic rings. The zero-order chi connectivity index (χ0) is 16.5. The molecule has 0 aliphatic carbocycles. The third-order valence-electron chi connectivity index (χ3n) is 3.63. The van der Waals surface area contributed by atoms with Gasteiger partial charge in [-0.2, -0.15) is 0 Å². The minimum Gasteiger partial charge on any atom is -0.493 e. The summed E-state index contributed by atoms with van der Waals surface area (Å²) < 4.78 is 5.93. The van der Waals surface area contributed by atoms with Crippen LogP contribution < -0.4 is 10.1 Å². The van der Waals surface area contributed by atoms with Crippen LogP contribution >= 0.6 is 23.2 Å². The number of unbranched alkanes of at least 4 members (excludes halogenated alkanes) is 3. The lowest BCUT2D eigenvalue weighted by Gasteiger charge is -2.13. The van der Waals surface area contributed by atoms with E-state index in [0.717, 1.165) is 30.0 Å². The molecule has 0 atom stereocenters. The highest BCUT2D eigenvalue weighted by atomic mass is 35.5. The topological polar surface area (TPSA) is 21.3 Å². The van der Waals surface area contributed by atoms with Crippen molar-refractivity contribution in [2.45, 2.75) is 39.2 Å². The lowest BCUT2D eigenvalue weighted by Crippen LogP contribution is -2.05. The molecule has 23 heavy (non-hydrogen) atoms. The molecule has 0 spiro atoms. The van der Waals surface area contributed by atoms with Gasteiger partial charge in [0.25, 0.3) is 0 Å². The normalized spacial score (nSPS) is 10.6. The van der Waals surface area contributed by atoms with E-state index in [2.05, 4.69) is 18.3 Å². The highest BCUT2D eigenvalue weighted by Crippen LogP contribution is 2.27. The van der Waals surface area contributed by atoms with Gasteiger partial charge < -0.3 is 10.1 Å². The molecule has 0 saturated carbocycles. The van der Waals surface area contributed by atoms with Crippen molar-refractivity contribution in [2.24, 2.45) is 0 Å². The van der Waals surface area contributed by atoms with Crippen molar-refractivity contribution >= 4 is 28.9 Å². The molecule has 0 aliphatic heterocycles. The number of rotatable bonds is 9. The second-order valence-corrected chi connectivity index (χ2v) is 6.34. The van der Waals surface area contributed by atoms with Gasteiger partial charge >= 0.3 is 0 Å². The Morgan fingerprint density at radius 1 is 1.00 bits per heavy atom. The van der Waals surface area contributed by atoms with Crippen LogP contribution in [0.2, 0.25) is 10.0 Å². The highest BCUT2D eigenvalue weighted by Gasteiger charge is 2.05. The maximum absolute atomic E-state index is 6.18. The van der Waals surface area contributed by atoms with Crippen molar-refractivity contribution in [1.29, 1.82) is 0 Å². The highest BCUT2D eigenvalue weighted by molar-refractivity contribution is 6.35. The molecule has 0 unspecified atom stereocenters. The molecule has 0 bridgehead atoms. The zero-order valence-electron chi connectivity index (χ0n) is 13.4. The van der Waals surface area contributed by atoms with Crippen LogP contribution in [-0.4, -0.2) is 6.61 Å². The van der Waals surface area contributed by atoms with E-state index in [9.17, 15) is 0 Å². The van der Waals surface area contributed by atoms with Gasteiger partial charge in [-0.05, 0) is 30.7 Å². The SMILES string of the molecule is CCCCCCOc1ccccc1CNc1cc(Cl)ccc1Cl. The first kappa shape index (κ1) is 18.0. The summed E-state index contributed by atoms with van der Waals surface area (Å²) in [7, 11) is 0. The van der Waals surface area contributed by atoms with Crippen molar-refractivity contribution in [3.63, 3.8) is 0 Å². The minimum absolute atomic E-state index is 0.644. The van der Waals surface area contributed by atoms with Crippen LogP contribution in [0.15, 0.2) is 42.5 Å². The molecule has 2 aromatic rings. The molecule has 1 N–H and O–H groups in total. The summed E-state index contributed by atoms with van der Waals surface area (Å²) >= 11 is 12.2. The van der Waals surface area contributed by atoms with Gasteiger partial charge in [0, 0.05) is 17.1 Å². The molecule has 2 nitrogen and oxygen atoms in total. The summed E-state index contributed by atoms with van der Waals surface area (Å²) in [6, 6.07) is 13.5. The molecule has 0 heterocycles. The fraction of sp³-hybridized carbons (Fsp3) is 0.368. The van der Waals surface area contributed by atoms with Crippen molar-refractivity contribution in [3.05, 3.63) is 58.1 Å². The number of anilines is 1. The molecule has 4 heteroatoms. The van der Waals surface area contributed by atoms with Gasteiger partial charge in [-0.1, -0.05) is 67.6 Å². The average molecular weight is 352 g/mol. The molecule has 124 valence electrons. The first-order chi connectivity index (χ1) is 11.2. The summed E-state index contributed by atoms with van der Waals surface area (Å²) in [5, 5.41) is 4.65. The van der Waals surface area contributed by atoms with E-state index in [-0.39, 0.29) is 0 Å². The first-order valence-electron chi connectivity index (χ1n) is 8.10. The Kier molecular flexibility index (Phi) is 7.57. The standard InChI is InChI=1S/C19H23Cl2NO/c1-2-3-4-7-12-23-19-9-6-5-8-15(19)14-22-18-13-16(20)10-11-17(18)21/h5-6,8-11,13,22H,2-4,7,12,14H2,1H3. The molecule has 0 fully saturated rings. The van der Waals surface area contributed by atoms with Crippen LogP contribution in [0.3, 0.4) is 0 Å². The Hall–Kier alpha value is -1.38. The van der Waals surface area contributed by atoms with E-state index >= 15 is 0 Å². The maximum Gasteiger partial charge on any atom is 0.124 e. The van der Waals surface area contributed by atoms with Crippen molar-refractivity contribution in [1.82, 2.24) is 0 Å². The molecular weight excluding hydrogens is 329 g/mol. The molecule has 2 aromatic carbocycles.